The van der Waals surface area contributed by atoms with Crippen LogP contribution in [0, 0.1) is 0 Å². The third-order valence-corrected chi connectivity index (χ3v) is 7.09. The second-order valence-electron chi connectivity index (χ2n) is 9.47. The molecule has 1 atom stereocenters. The van der Waals surface area contributed by atoms with E-state index >= 15 is 0 Å². The summed E-state index contributed by atoms with van der Waals surface area (Å²) in [6.45, 7) is 4.76. The van der Waals surface area contributed by atoms with Gasteiger partial charge in [-0.15, -0.1) is 23.2 Å². The first-order valence-corrected chi connectivity index (χ1v) is 14.6. The summed E-state index contributed by atoms with van der Waals surface area (Å²) in [5.41, 5.74) is 7.02. The number of hydrogen-bond acceptors (Lipinski definition) is 4. The summed E-state index contributed by atoms with van der Waals surface area (Å²) in [6, 6.07) is 21.1. The molecule has 0 N–H and O–H groups in total. The molecule has 1 aliphatic carbocycles. The molecule has 40 heavy (non-hydrogen) atoms. The molecule has 0 heterocycles. The predicted molar refractivity (Wildman–Crippen MR) is 164 cm³/mol. The quantitative estimate of drug-likeness (QED) is 0.0984. The molecule has 0 aromatic heterocycles. The van der Waals surface area contributed by atoms with Crippen LogP contribution in [0.1, 0.15) is 75.9 Å². The molecule has 210 valence electrons. The maximum absolute atomic E-state index is 12.7. The van der Waals surface area contributed by atoms with Gasteiger partial charge in [0.2, 0.25) is 0 Å². The molecule has 0 spiro atoms. The van der Waals surface area contributed by atoms with Crippen LogP contribution in [0.15, 0.2) is 90.5 Å². The Bertz CT molecular complexity index is 1350. The fourth-order valence-electron chi connectivity index (χ4n) is 4.57. The van der Waals surface area contributed by atoms with Crippen molar-refractivity contribution in [3.8, 4) is 11.1 Å². The van der Waals surface area contributed by atoms with Crippen molar-refractivity contribution in [3.05, 3.63) is 118 Å². The van der Waals surface area contributed by atoms with Gasteiger partial charge in [0.25, 0.3) is 0 Å². The molecule has 0 saturated heterocycles. The van der Waals surface area contributed by atoms with Gasteiger partial charge < -0.3 is 9.47 Å². The van der Waals surface area contributed by atoms with E-state index in [2.05, 4.69) is 36.7 Å². The zero-order valence-electron chi connectivity index (χ0n) is 23.3. The lowest BCUT2D eigenvalue weighted by molar-refractivity contribution is 0.0491. The van der Waals surface area contributed by atoms with Crippen molar-refractivity contribution in [2.45, 2.75) is 44.9 Å². The molecule has 0 amide bonds. The van der Waals surface area contributed by atoms with Gasteiger partial charge in [0.1, 0.15) is 0 Å². The maximum atomic E-state index is 12.7. The van der Waals surface area contributed by atoms with Gasteiger partial charge in [0.15, 0.2) is 0 Å². The van der Waals surface area contributed by atoms with Crippen molar-refractivity contribution in [3.63, 3.8) is 0 Å². The Morgan fingerprint density at radius 1 is 0.825 bits per heavy atom. The zero-order chi connectivity index (χ0) is 28.9. The molecule has 4 rings (SSSR count). The highest BCUT2D eigenvalue weighted by Crippen LogP contribution is 2.47. The van der Waals surface area contributed by atoms with Crippen molar-refractivity contribution in [2.75, 3.05) is 19.6 Å². The van der Waals surface area contributed by atoms with Crippen molar-refractivity contribution in [2.24, 2.45) is 0 Å². The summed E-state index contributed by atoms with van der Waals surface area (Å²) < 4.78 is 11.0. The lowest BCUT2D eigenvalue weighted by atomic mass is 10.0. The Hall–Kier alpha value is -3.34. The highest BCUT2D eigenvalue weighted by atomic mass is 35.5. The molecule has 0 saturated carbocycles. The smallest absolute Gasteiger partial charge is 0.338 e. The molecule has 3 aromatic rings. The summed E-state index contributed by atoms with van der Waals surface area (Å²) in [7, 11) is 0. The second-order valence-corrected chi connectivity index (χ2v) is 9.91. The summed E-state index contributed by atoms with van der Waals surface area (Å²) in [4.78, 5) is 25.3. The van der Waals surface area contributed by atoms with Gasteiger partial charge in [-0.2, -0.15) is 0 Å². The number of ether oxygens (including phenoxy) is 2. The molecule has 0 radical (unpaired) electrons. The first kappa shape index (κ1) is 31.2. The van der Waals surface area contributed by atoms with Crippen LogP contribution < -0.4 is 0 Å². The largest absolute Gasteiger partial charge is 0.462 e. The number of aryl methyl sites for hydroxylation is 1. The molecule has 6 heteroatoms. The van der Waals surface area contributed by atoms with E-state index in [1.54, 1.807) is 24.3 Å². The van der Waals surface area contributed by atoms with E-state index in [-0.39, 0.29) is 11.9 Å². The van der Waals surface area contributed by atoms with Crippen molar-refractivity contribution >= 4 is 35.1 Å². The van der Waals surface area contributed by atoms with Gasteiger partial charge in [-0.05, 0) is 91.6 Å². The molecule has 0 fully saturated rings. The third kappa shape index (κ3) is 8.33. The number of esters is 2. The minimum absolute atomic E-state index is 0.354. The summed E-state index contributed by atoms with van der Waals surface area (Å²) in [5.74, 6) is -0.719. The topological polar surface area (TPSA) is 52.6 Å². The number of carbonyl (C=O) groups is 2. The predicted octanol–water partition coefficient (Wildman–Crippen LogP) is 9.10. The van der Waals surface area contributed by atoms with E-state index in [1.807, 2.05) is 49.4 Å². The lowest BCUT2D eigenvalue weighted by Crippen LogP contribution is -2.08. The Balaban J connectivity index is 0.00000216. The highest BCUT2D eigenvalue weighted by molar-refractivity contribution is 6.25. The molecule has 1 unspecified atom stereocenters. The van der Waals surface area contributed by atoms with Crippen molar-refractivity contribution < 1.29 is 19.1 Å². The van der Waals surface area contributed by atoms with Crippen LogP contribution in [0.25, 0.3) is 11.1 Å². The first-order chi connectivity index (χ1) is 19.5. The van der Waals surface area contributed by atoms with E-state index in [1.165, 1.54) is 17.5 Å². The molecule has 1 aliphatic rings. The SMILES string of the molecule is C/C=C\C=C(/C)CCCOC(=O)c1ccc2c(c1)C(Cl)c1cc(C(=O)OCCCc3ccccc3)ccc1-2.CCl. The average Bonchev–Trinajstić information content (AvgIpc) is 3.28. The van der Waals surface area contributed by atoms with E-state index < -0.39 is 5.38 Å². The zero-order valence-corrected chi connectivity index (χ0v) is 24.8. The van der Waals surface area contributed by atoms with Gasteiger partial charge in [0, 0.05) is 6.38 Å². The maximum Gasteiger partial charge on any atom is 0.338 e. The monoisotopic (exact) mass is 578 g/mol. The van der Waals surface area contributed by atoms with E-state index in [0.29, 0.717) is 24.3 Å². The number of alkyl halides is 2. The molecule has 3 aromatic carbocycles. The first-order valence-electron chi connectivity index (χ1n) is 13.4. The number of hydrogen-bond donors (Lipinski definition) is 0. The number of halogens is 2. The Kier molecular flexibility index (Phi) is 12.5. The van der Waals surface area contributed by atoms with Crippen LogP contribution in [0.2, 0.25) is 0 Å². The van der Waals surface area contributed by atoms with Crippen LogP contribution in [-0.2, 0) is 15.9 Å². The summed E-state index contributed by atoms with van der Waals surface area (Å²) >= 11 is 11.4. The molecule has 4 nitrogen and oxygen atoms in total. The third-order valence-electron chi connectivity index (χ3n) is 6.62. The number of allylic oxidation sites excluding steroid dienone is 4. The van der Waals surface area contributed by atoms with Crippen LogP contribution in [-0.4, -0.2) is 31.5 Å². The van der Waals surface area contributed by atoms with Crippen LogP contribution >= 0.6 is 23.2 Å². The van der Waals surface area contributed by atoms with Gasteiger partial charge in [0.05, 0.1) is 29.7 Å². The minimum atomic E-state index is -0.460. The average molecular weight is 580 g/mol. The van der Waals surface area contributed by atoms with Gasteiger partial charge in [-0.1, -0.05) is 66.3 Å². The lowest BCUT2D eigenvalue weighted by Gasteiger charge is -2.09. The Morgan fingerprint density at radius 3 is 1.93 bits per heavy atom. The van der Waals surface area contributed by atoms with E-state index in [4.69, 9.17) is 21.1 Å². The molecular formula is C34H36Cl2O4. The summed E-state index contributed by atoms with van der Waals surface area (Å²) in [5, 5.41) is -0.460. The van der Waals surface area contributed by atoms with Gasteiger partial charge in [-0.25, -0.2) is 9.59 Å². The molecular weight excluding hydrogens is 543 g/mol. The highest BCUT2D eigenvalue weighted by Gasteiger charge is 2.29. The van der Waals surface area contributed by atoms with Crippen molar-refractivity contribution in [1.82, 2.24) is 0 Å². The van der Waals surface area contributed by atoms with E-state index in [0.717, 1.165) is 47.9 Å². The second kappa shape index (κ2) is 16.1. The van der Waals surface area contributed by atoms with Crippen LogP contribution in [0.5, 0.6) is 0 Å². The Labute approximate surface area is 247 Å². The Morgan fingerprint density at radius 2 is 1.38 bits per heavy atom. The van der Waals surface area contributed by atoms with Gasteiger partial charge >= 0.3 is 11.9 Å². The van der Waals surface area contributed by atoms with Crippen LogP contribution in [0.4, 0.5) is 0 Å². The number of carbonyl (C=O) groups excluding carboxylic acids is 2. The normalized spacial score (nSPS) is 13.7. The number of rotatable bonds is 11. The number of fused-ring (bicyclic) bond motifs is 3. The van der Waals surface area contributed by atoms with Crippen molar-refractivity contribution in [1.29, 1.82) is 0 Å². The van der Waals surface area contributed by atoms with E-state index in [9.17, 15) is 9.59 Å². The fourth-order valence-corrected chi connectivity index (χ4v) is 4.93. The summed E-state index contributed by atoms with van der Waals surface area (Å²) in [6.07, 6.45) is 10.8. The standard InChI is InChI=1S/C33H33ClO4.CH3Cl/c1-3-4-10-23(2)11-8-19-37-32(35)25-15-17-27-28-18-16-26(22-30(28)31(34)29(27)21-25)33(36)38-20-9-14-24-12-6-5-7-13-24;1-2/h3-7,10,12-13,15-18,21-22,31H,8-9,11,14,19-20H2,1-2H3;1H3/b4-3-,23-10+;. The molecule has 0 bridgehead atoms. The number of benzene rings is 3. The minimum Gasteiger partial charge on any atom is -0.462 e. The van der Waals surface area contributed by atoms with Crippen LogP contribution in [0.3, 0.4) is 0 Å². The fraction of sp³-hybridized carbons (Fsp3) is 0.294. The van der Waals surface area contributed by atoms with Gasteiger partial charge in [-0.3, -0.25) is 0 Å². The molecule has 0 aliphatic heterocycles.